The van der Waals surface area contributed by atoms with E-state index in [9.17, 15) is 44.1 Å². The van der Waals surface area contributed by atoms with E-state index >= 15 is 0 Å². The Morgan fingerprint density at radius 2 is 1.00 bits per heavy atom. The first-order valence-electron chi connectivity index (χ1n) is 35.0. The van der Waals surface area contributed by atoms with E-state index in [1.54, 1.807) is 26.0 Å². The number of aliphatic hydroxyl groups is 3. The van der Waals surface area contributed by atoms with Crippen LogP contribution in [0.4, 0.5) is 0 Å². The molecule has 7 aliphatic rings. The molecule has 0 aromatic carbocycles. The molecular formula is C78H114MnO17. The maximum absolute atomic E-state index is 12.6. The SMILES string of the molecule is CC#CCC(C)C(=O)/C=C/[C@H]1[C@H](O)CC2C/C(=C\CCCC(=O)OC)C[C@@H]21.CC#CCC(C)C(=O)/C=C/[C@H]1[C@H](OC2CCCCO2)CC2C/C(=C\CCCC(=O)OC)C[C@@H]21.CC#CCC(C)[C@@H](O)/C=C/[C@H]1[C@H](O)CC2C/C(=C\CCCC(=O)OC)C[C@@H]21.CCOC(C)=O.[O]=[Mn]=[O]. The molecule has 3 N–H and O–H groups in total. The zero-order valence-corrected chi connectivity index (χ0v) is 60.5. The van der Waals surface area contributed by atoms with Crippen LogP contribution in [0.15, 0.2) is 71.4 Å². The van der Waals surface area contributed by atoms with Crippen molar-refractivity contribution in [1.82, 2.24) is 0 Å². The third kappa shape index (κ3) is 31.0. The van der Waals surface area contributed by atoms with E-state index in [2.05, 4.69) is 74.0 Å². The number of esters is 4. The fraction of sp³-hybridized carbons (Fsp3) is 0.692. The summed E-state index contributed by atoms with van der Waals surface area (Å²) < 4.78 is 47.6. The molecule has 96 heavy (non-hydrogen) atoms. The molecule has 17 atom stereocenters. The Morgan fingerprint density at radius 3 is 1.39 bits per heavy atom. The van der Waals surface area contributed by atoms with Crippen molar-refractivity contribution < 1.29 is 95.0 Å². The third-order valence-corrected chi connectivity index (χ3v) is 19.7. The molecule has 1 heterocycles. The molecular weight excluding hydrogens is 1260 g/mol. The summed E-state index contributed by atoms with van der Waals surface area (Å²) in [5.74, 6) is 20.4. The molecule has 535 valence electrons. The first-order valence-corrected chi connectivity index (χ1v) is 36.0. The number of rotatable bonds is 27. The fourth-order valence-electron chi connectivity index (χ4n) is 14.4. The number of unbranched alkanes of at least 4 members (excludes halogenated alkanes) is 3. The zero-order chi connectivity index (χ0) is 71.0. The Balaban J connectivity index is 0.000000354. The van der Waals surface area contributed by atoms with Crippen LogP contribution in [0.1, 0.15) is 209 Å². The topological polar surface area (TPSA) is 253 Å². The number of carbonyl (C=O) groups excluding carboxylic acids is 6. The molecule has 1 saturated heterocycles. The van der Waals surface area contributed by atoms with Crippen molar-refractivity contribution in [3.05, 3.63) is 71.4 Å². The molecule has 7 rings (SSSR count). The van der Waals surface area contributed by atoms with Gasteiger partial charge in [-0.2, -0.15) is 0 Å². The Kier molecular flexibility index (Phi) is 42.3. The number of ketones is 2. The Morgan fingerprint density at radius 1 is 0.594 bits per heavy atom. The van der Waals surface area contributed by atoms with Gasteiger partial charge in [0.1, 0.15) is 0 Å². The van der Waals surface area contributed by atoms with Crippen molar-refractivity contribution in [2.45, 2.75) is 240 Å². The van der Waals surface area contributed by atoms with Gasteiger partial charge >= 0.3 is 46.4 Å². The molecule has 0 aromatic heterocycles. The monoisotopic (exact) mass is 1380 g/mol. The van der Waals surface area contributed by atoms with Crippen LogP contribution >= 0.6 is 0 Å². The van der Waals surface area contributed by atoms with Gasteiger partial charge in [0.2, 0.25) is 0 Å². The summed E-state index contributed by atoms with van der Waals surface area (Å²) in [7, 11) is 4.28. The van der Waals surface area contributed by atoms with Gasteiger partial charge in [0, 0.05) is 81.6 Å². The first kappa shape index (κ1) is 84.5. The molecule has 6 aliphatic carbocycles. The Hall–Kier alpha value is -5.74. The molecule has 6 saturated carbocycles. The summed E-state index contributed by atoms with van der Waals surface area (Å²) in [6.07, 6.45) is 37.6. The minimum atomic E-state index is -1.44. The van der Waals surface area contributed by atoms with Gasteiger partial charge in [-0.3, -0.25) is 28.8 Å². The quantitative estimate of drug-likeness (QED) is 0.0131. The number of allylic oxidation sites excluding steroid dienone is 8. The van der Waals surface area contributed by atoms with Gasteiger partial charge in [-0.15, -0.1) is 35.5 Å². The molecule has 17 nitrogen and oxygen atoms in total. The molecule has 0 amide bonds. The van der Waals surface area contributed by atoms with Gasteiger partial charge in [-0.1, -0.05) is 80.0 Å². The second-order valence-electron chi connectivity index (χ2n) is 26.6. The maximum atomic E-state index is 12.6. The summed E-state index contributed by atoms with van der Waals surface area (Å²) in [6.45, 7) is 15.7. The summed E-state index contributed by atoms with van der Waals surface area (Å²) in [4.78, 5) is 68.4. The second-order valence-corrected chi connectivity index (χ2v) is 26.8. The molecule has 7 unspecified atom stereocenters. The van der Waals surface area contributed by atoms with Gasteiger partial charge in [0.25, 0.3) is 0 Å². The summed E-state index contributed by atoms with van der Waals surface area (Å²) in [6, 6.07) is 0. The van der Waals surface area contributed by atoms with Gasteiger partial charge < -0.3 is 43.7 Å². The zero-order valence-electron chi connectivity index (χ0n) is 59.3. The Bertz CT molecular complexity index is 2850. The van der Waals surface area contributed by atoms with Crippen LogP contribution in [-0.4, -0.2) is 116 Å². The van der Waals surface area contributed by atoms with E-state index in [0.29, 0.717) is 80.6 Å². The molecule has 0 aromatic rings. The van der Waals surface area contributed by atoms with E-state index < -0.39 is 20.9 Å². The van der Waals surface area contributed by atoms with Crippen molar-refractivity contribution in [3.8, 4) is 35.5 Å². The predicted molar refractivity (Wildman–Crippen MR) is 364 cm³/mol. The molecule has 0 spiro atoms. The van der Waals surface area contributed by atoms with E-state index in [-0.39, 0.29) is 95.6 Å². The van der Waals surface area contributed by atoms with Crippen LogP contribution in [0.3, 0.4) is 0 Å². The van der Waals surface area contributed by atoms with Crippen LogP contribution in [0.2, 0.25) is 0 Å². The number of hydrogen-bond donors (Lipinski definition) is 3. The average Bonchev–Trinajstić information content (AvgIpc) is 1.66. The molecule has 0 radical (unpaired) electrons. The Labute approximate surface area is 580 Å². The van der Waals surface area contributed by atoms with Crippen LogP contribution in [0.25, 0.3) is 0 Å². The van der Waals surface area contributed by atoms with Gasteiger partial charge in [-0.05, 0) is 197 Å². The van der Waals surface area contributed by atoms with Gasteiger partial charge in [0.05, 0.1) is 52.4 Å². The van der Waals surface area contributed by atoms with Crippen molar-refractivity contribution in [2.24, 2.45) is 71.0 Å². The fourth-order valence-corrected chi connectivity index (χ4v) is 14.4. The van der Waals surface area contributed by atoms with Crippen molar-refractivity contribution >= 4 is 35.4 Å². The van der Waals surface area contributed by atoms with E-state index in [1.807, 2.05) is 52.8 Å². The van der Waals surface area contributed by atoms with Crippen LogP contribution in [-0.2, 0) is 79.7 Å². The summed E-state index contributed by atoms with van der Waals surface area (Å²) >= 11 is -1.44. The van der Waals surface area contributed by atoms with E-state index in [0.717, 1.165) is 122 Å². The average molecular weight is 1380 g/mol. The van der Waals surface area contributed by atoms with Crippen LogP contribution in [0.5, 0.6) is 0 Å². The summed E-state index contributed by atoms with van der Waals surface area (Å²) in [5, 5.41) is 31.2. The van der Waals surface area contributed by atoms with Crippen LogP contribution in [0, 0.1) is 107 Å². The van der Waals surface area contributed by atoms with Gasteiger partial charge in [-0.25, -0.2) is 0 Å². The number of hydrogen-bond acceptors (Lipinski definition) is 17. The second kappa shape index (κ2) is 48.1. The number of carbonyl (C=O) groups is 6. The molecule has 18 heteroatoms. The standard InChI is InChI=1S/C28H40O5.C23H34O4.C23H32O4.C4H8O2.Mn.2O/c1-4-5-10-20(2)25(29)15-14-23-24-18-21(11-6-7-12-27(30)31-3)17-22(24)19-26(23)33-28-13-8-9-16-32-28;2*1-4-5-8-16(2)21(24)12-11-19-20-14-17(13-18(20)15-22(19)25)9-6-7-10-23(26)27-3;1-3-6-4(2)5;;;/h11,14-15,20,22-24,26,28H,6-10,12-13,16-19H2,1-3H3;9,11-12,16,18-22,24-25H,6-8,10,13-15H2,1-3H3;9,11-12,16,18-20,22,25H,6-8,10,13-15H2,1-3H3;3H2,1-2H3;;;/b15-14+,21-11+;2*12-11+,17-9+;;;;/t20?,22?,23-,24+,26-,28?;16?,18?,19-,20+,21+,22-;16?,18?,19-,20+,22-;;;;/m111..../s1. The van der Waals surface area contributed by atoms with E-state index in [1.165, 1.54) is 45.0 Å². The molecule has 7 fully saturated rings. The number of fused-ring (bicyclic) bond motifs is 3. The van der Waals surface area contributed by atoms with Crippen molar-refractivity contribution in [2.75, 3.05) is 34.5 Å². The molecule has 0 bridgehead atoms. The first-order chi connectivity index (χ1) is 46.1. The van der Waals surface area contributed by atoms with Crippen molar-refractivity contribution in [1.29, 1.82) is 0 Å². The summed E-state index contributed by atoms with van der Waals surface area (Å²) in [5.41, 5.74) is 4.36. The minimum absolute atomic E-state index is 0.0596. The normalized spacial score (nSPS) is 28.3. The van der Waals surface area contributed by atoms with E-state index in [4.69, 9.17) is 21.9 Å². The number of ether oxygens (including phenoxy) is 6. The third-order valence-electron chi connectivity index (χ3n) is 19.7. The number of aliphatic hydroxyl groups excluding tert-OH is 3. The predicted octanol–water partition coefficient (Wildman–Crippen LogP) is 13.2. The van der Waals surface area contributed by atoms with Crippen LogP contribution < -0.4 is 0 Å². The van der Waals surface area contributed by atoms with Crippen molar-refractivity contribution in [3.63, 3.8) is 0 Å². The number of methoxy groups -OCH3 is 3. The molecule has 1 aliphatic heterocycles. The van der Waals surface area contributed by atoms with Gasteiger partial charge in [0.15, 0.2) is 17.9 Å².